The fraction of sp³-hybridized carbons (Fsp3) is 0.471. The molecule has 0 bridgehead atoms. The van der Waals surface area contributed by atoms with E-state index < -0.39 is 0 Å². The summed E-state index contributed by atoms with van der Waals surface area (Å²) in [5, 5.41) is 3.39. The zero-order valence-corrected chi connectivity index (χ0v) is 12.2. The molecule has 1 heterocycles. The molecule has 1 aromatic carbocycles. The minimum atomic E-state index is 0.866. The van der Waals surface area contributed by atoms with Crippen molar-refractivity contribution in [3.8, 4) is 0 Å². The van der Waals surface area contributed by atoms with Gasteiger partial charge in [0.1, 0.15) is 0 Å². The molecule has 2 aromatic rings. The molecule has 106 valence electrons. The molecular weight excluding hydrogens is 246 g/mol. The van der Waals surface area contributed by atoms with Crippen molar-refractivity contribution in [1.29, 1.82) is 0 Å². The van der Waals surface area contributed by atoms with Crippen LogP contribution in [0, 0.1) is 0 Å². The van der Waals surface area contributed by atoms with Gasteiger partial charge in [-0.1, -0.05) is 25.1 Å². The van der Waals surface area contributed by atoms with E-state index in [-0.39, 0.29) is 0 Å². The van der Waals surface area contributed by atoms with Crippen LogP contribution < -0.4 is 5.32 Å². The molecule has 1 aromatic heterocycles. The Hall–Kier alpha value is -1.61. The maximum absolute atomic E-state index is 4.46. The predicted octanol–water partition coefficient (Wildman–Crippen LogP) is 2.92. The van der Waals surface area contributed by atoms with Crippen LogP contribution >= 0.6 is 0 Å². The summed E-state index contributed by atoms with van der Waals surface area (Å²) in [4.78, 5) is 4.46. The van der Waals surface area contributed by atoms with Gasteiger partial charge in [-0.05, 0) is 48.9 Å². The van der Waals surface area contributed by atoms with Gasteiger partial charge in [0.05, 0.1) is 12.0 Å². The molecule has 0 amide bonds. The Kier molecular flexibility index (Phi) is 4.16. The number of nitrogens with one attached hydrogen (secondary N) is 1. The first-order valence-electron chi connectivity index (χ1n) is 7.67. The lowest BCUT2D eigenvalue weighted by Crippen LogP contribution is -2.13. The largest absolute Gasteiger partial charge is 0.333 e. The van der Waals surface area contributed by atoms with Crippen LogP contribution in [0.1, 0.15) is 42.1 Å². The lowest BCUT2D eigenvalue weighted by molar-refractivity contribution is 0.665. The molecular formula is C17H23N3. The summed E-state index contributed by atoms with van der Waals surface area (Å²) in [6, 6.07) is 6.94. The molecule has 3 rings (SSSR count). The highest BCUT2D eigenvalue weighted by atomic mass is 15.0. The van der Waals surface area contributed by atoms with Gasteiger partial charge in [0, 0.05) is 19.3 Å². The SMILES string of the molecule is CCCNCc1cn(Cc2ccc3c(c2)CCC3)cn1. The molecule has 0 fully saturated rings. The van der Waals surface area contributed by atoms with Gasteiger partial charge in [0.2, 0.25) is 0 Å². The summed E-state index contributed by atoms with van der Waals surface area (Å²) in [6.07, 6.45) is 9.08. The minimum Gasteiger partial charge on any atom is -0.333 e. The molecule has 0 atom stereocenters. The first-order chi connectivity index (χ1) is 9.85. The van der Waals surface area contributed by atoms with E-state index in [4.69, 9.17) is 0 Å². The summed E-state index contributed by atoms with van der Waals surface area (Å²) in [5.41, 5.74) is 5.60. The predicted molar refractivity (Wildman–Crippen MR) is 81.8 cm³/mol. The second kappa shape index (κ2) is 6.23. The lowest BCUT2D eigenvalue weighted by atomic mass is 10.1. The van der Waals surface area contributed by atoms with Crippen LogP contribution in [0.2, 0.25) is 0 Å². The van der Waals surface area contributed by atoms with Crippen LogP contribution in [-0.2, 0) is 25.9 Å². The van der Waals surface area contributed by atoms with Crippen molar-refractivity contribution >= 4 is 0 Å². The number of rotatable bonds is 6. The van der Waals surface area contributed by atoms with E-state index in [2.05, 4.69) is 46.2 Å². The maximum atomic E-state index is 4.46. The average molecular weight is 269 g/mol. The zero-order chi connectivity index (χ0) is 13.8. The van der Waals surface area contributed by atoms with Crippen molar-refractivity contribution in [3.63, 3.8) is 0 Å². The van der Waals surface area contributed by atoms with Crippen LogP contribution in [0.3, 0.4) is 0 Å². The van der Waals surface area contributed by atoms with Crippen molar-refractivity contribution < 1.29 is 0 Å². The van der Waals surface area contributed by atoms with Gasteiger partial charge in [-0.3, -0.25) is 0 Å². The molecule has 0 aliphatic heterocycles. The number of aromatic nitrogens is 2. The van der Waals surface area contributed by atoms with E-state index in [0.717, 1.165) is 31.7 Å². The van der Waals surface area contributed by atoms with E-state index in [9.17, 15) is 0 Å². The summed E-state index contributed by atoms with van der Waals surface area (Å²) in [7, 11) is 0. The third-order valence-corrected chi connectivity index (χ3v) is 3.95. The first-order valence-corrected chi connectivity index (χ1v) is 7.67. The lowest BCUT2D eigenvalue weighted by Gasteiger charge is -2.05. The molecule has 20 heavy (non-hydrogen) atoms. The summed E-state index contributed by atoms with van der Waals surface area (Å²) < 4.78 is 2.18. The van der Waals surface area contributed by atoms with Crippen LogP contribution in [0.4, 0.5) is 0 Å². The number of benzene rings is 1. The second-order valence-corrected chi connectivity index (χ2v) is 5.67. The van der Waals surface area contributed by atoms with E-state index in [1.165, 1.54) is 24.8 Å². The fourth-order valence-corrected chi connectivity index (χ4v) is 2.91. The number of hydrogen-bond donors (Lipinski definition) is 1. The van der Waals surface area contributed by atoms with E-state index in [1.54, 1.807) is 11.1 Å². The highest BCUT2D eigenvalue weighted by Gasteiger charge is 2.10. The summed E-state index contributed by atoms with van der Waals surface area (Å²) >= 11 is 0. The molecule has 1 aliphatic rings. The van der Waals surface area contributed by atoms with Crippen molar-refractivity contribution in [2.75, 3.05) is 6.54 Å². The third-order valence-electron chi connectivity index (χ3n) is 3.95. The average Bonchev–Trinajstić information content (AvgIpc) is 3.08. The van der Waals surface area contributed by atoms with Crippen molar-refractivity contribution in [3.05, 3.63) is 53.1 Å². The van der Waals surface area contributed by atoms with Crippen molar-refractivity contribution in [2.24, 2.45) is 0 Å². The van der Waals surface area contributed by atoms with Gasteiger partial charge in [-0.15, -0.1) is 0 Å². The van der Waals surface area contributed by atoms with Crippen LogP contribution in [0.25, 0.3) is 0 Å². The number of aryl methyl sites for hydroxylation is 2. The fourth-order valence-electron chi connectivity index (χ4n) is 2.91. The van der Waals surface area contributed by atoms with Crippen LogP contribution in [-0.4, -0.2) is 16.1 Å². The standard InChI is InChI=1S/C17H23N3/c1-2-8-18-10-17-12-20(13-19-17)11-14-6-7-15-4-3-5-16(15)9-14/h6-7,9,12-13,18H,2-5,8,10-11H2,1H3. The minimum absolute atomic E-state index is 0.866. The highest BCUT2D eigenvalue weighted by Crippen LogP contribution is 2.23. The van der Waals surface area contributed by atoms with Crippen molar-refractivity contribution in [2.45, 2.75) is 45.7 Å². The molecule has 1 N–H and O–H groups in total. The molecule has 0 radical (unpaired) electrons. The molecule has 0 spiro atoms. The summed E-state index contributed by atoms with van der Waals surface area (Å²) in [6.45, 7) is 5.02. The van der Waals surface area contributed by atoms with Crippen LogP contribution in [0.15, 0.2) is 30.7 Å². The Bertz CT molecular complexity index is 571. The smallest absolute Gasteiger partial charge is 0.0953 e. The van der Waals surface area contributed by atoms with Crippen molar-refractivity contribution in [1.82, 2.24) is 14.9 Å². The maximum Gasteiger partial charge on any atom is 0.0953 e. The number of hydrogen-bond acceptors (Lipinski definition) is 2. The van der Waals surface area contributed by atoms with E-state index in [1.807, 2.05) is 6.33 Å². The topological polar surface area (TPSA) is 29.9 Å². The number of imidazole rings is 1. The molecule has 0 saturated carbocycles. The highest BCUT2D eigenvalue weighted by molar-refractivity contribution is 5.35. The normalized spacial score (nSPS) is 13.7. The molecule has 1 aliphatic carbocycles. The number of nitrogens with zero attached hydrogens (tertiary/aromatic N) is 2. The monoisotopic (exact) mass is 269 g/mol. The summed E-state index contributed by atoms with van der Waals surface area (Å²) in [5.74, 6) is 0. The van der Waals surface area contributed by atoms with Gasteiger partial charge in [-0.25, -0.2) is 4.98 Å². The Labute approximate surface area is 121 Å². The van der Waals surface area contributed by atoms with Crippen LogP contribution in [0.5, 0.6) is 0 Å². The first kappa shape index (κ1) is 13.4. The molecule has 0 unspecified atom stereocenters. The molecule has 3 nitrogen and oxygen atoms in total. The Morgan fingerprint density at radius 2 is 2.15 bits per heavy atom. The zero-order valence-electron chi connectivity index (χ0n) is 12.2. The van der Waals surface area contributed by atoms with Gasteiger partial charge in [0.25, 0.3) is 0 Å². The quantitative estimate of drug-likeness (QED) is 0.817. The molecule has 0 saturated heterocycles. The second-order valence-electron chi connectivity index (χ2n) is 5.67. The number of fused-ring (bicyclic) bond motifs is 1. The Balaban J connectivity index is 1.63. The van der Waals surface area contributed by atoms with E-state index >= 15 is 0 Å². The molecule has 3 heteroatoms. The Morgan fingerprint density at radius 3 is 3.05 bits per heavy atom. The van der Waals surface area contributed by atoms with Gasteiger partial charge >= 0.3 is 0 Å². The van der Waals surface area contributed by atoms with Gasteiger partial charge in [0.15, 0.2) is 0 Å². The third kappa shape index (κ3) is 3.10. The van der Waals surface area contributed by atoms with E-state index in [0.29, 0.717) is 0 Å². The Morgan fingerprint density at radius 1 is 1.25 bits per heavy atom. The van der Waals surface area contributed by atoms with Gasteiger partial charge in [-0.2, -0.15) is 0 Å². The van der Waals surface area contributed by atoms with Gasteiger partial charge < -0.3 is 9.88 Å².